The molecule has 2 heterocycles. The van der Waals surface area contributed by atoms with Crippen molar-refractivity contribution in [2.45, 2.75) is 59.5 Å². The zero-order valence-electron chi connectivity index (χ0n) is 20.0. The lowest BCUT2D eigenvalue weighted by Crippen LogP contribution is -2.46. The molecule has 1 unspecified atom stereocenters. The average Bonchev–Trinajstić information content (AvgIpc) is 2.73. The number of likely N-dealkylation sites (tertiary alicyclic amines) is 1. The van der Waals surface area contributed by atoms with Gasteiger partial charge in [0.15, 0.2) is 0 Å². The molecule has 3 rings (SSSR count). The van der Waals surface area contributed by atoms with E-state index in [0.29, 0.717) is 28.4 Å². The number of nitrogens with one attached hydrogen (secondary N) is 1. The van der Waals surface area contributed by atoms with Gasteiger partial charge in [-0.15, -0.1) is 0 Å². The number of hydrogen-bond acceptors (Lipinski definition) is 4. The second-order valence-corrected chi connectivity index (χ2v) is 9.75. The molecule has 2 aliphatic heterocycles. The summed E-state index contributed by atoms with van der Waals surface area (Å²) in [6, 6.07) is 4.62. The molecule has 1 saturated heterocycles. The number of halogens is 1. The number of benzene rings is 1. The molecule has 0 spiro atoms. The summed E-state index contributed by atoms with van der Waals surface area (Å²) in [4.78, 5) is 34.1. The molecule has 0 bridgehead atoms. The van der Waals surface area contributed by atoms with Crippen LogP contribution in [0.3, 0.4) is 0 Å². The van der Waals surface area contributed by atoms with Crippen LogP contribution in [0.4, 0.5) is 5.69 Å². The molecule has 1 fully saturated rings. The van der Waals surface area contributed by atoms with Crippen molar-refractivity contribution in [1.82, 2.24) is 10.2 Å². The number of carbonyl (C=O) groups is 2. The van der Waals surface area contributed by atoms with Crippen molar-refractivity contribution in [3.05, 3.63) is 39.9 Å². The van der Waals surface area contributed by atoms with Gasteiger partial charge in [0, 0.05) is 60.8 Å². The van der Waals surface area contributed by atoms with Gasteiger partial charge >= 0.3 is 0 Å². The molecule has 2 amide bonds. The summed E-state index contributed by atoms with van der Waals surface area (Å²) < 4.78 is 0. The molecule has 32 heavy (non-hydrogen) atoms. The van der Waals surface area contributed by atoms with Gasteiger partial charge in [0.2, 0.25) is 0 Å². The number of carbonyl (C=O) groups excluding carboxylic acids is 2. The molecular formula is C25H35ClN4O2. The van der Waals surface area contributed by atoms with Crippen molar-refractivity contribution in [3.8, 4) is 0 Å². The van der Waals surface area contributed by atoms with E-state index < -0.39 is 5.92 Å². The summed E-state index contributed by atoms with van der Waals surface area (Å²) in [5.41, 5.74) is 4.04. The van der Waals surface area contributed by atoms with Crippen LogP contribution < -0.4 is 10.2 Å². The number of allylic oxidation sites excluding steroid dienone is 1. The molecule has 0 aromatic heterocycles. The Morgan fingerprint density at radius 2 is 1.91 bits per heavy atom. The van der Waals surface area contributed by atoms with Gasteiger partial charge < -0.3 is 15.1 Å². The molecule has 2 aliphatic rings. The fourth-order valence-corrected chi connectivity index (χ4v) is 4.91. The van der Waals surface area contributed by atoms with E-state index in [1.807, 2.05) is 26.0 Å². The summed E-state index contributed by atoms with van der Waals surface area (Å²) in [5, 5.41) is 3.46. The van der Waals surface area contributed by atoms with E-state index in [4.69, 9.17) is 11.6 Å². The molecule has 1 N–H and O–H groups in total. The summed E-state index contributed by atoms with van der Waals surface area (Å²) in [7, 11) is 2.09. The first kappa shape index (κ1) is 24.5. The number of dihydropyridines is 1. The highest BCUT2D eigenvalue weighted by molar-refractivity contribution is 6.31. The molecular weight excluding hydrogens is 424 g/mol. The van der Waals surface area contributed by atoms with Crippen LogP contribution in [-0.4, -0.2) is 61.2 Å². The Morgan fingerprint density at radius 1 is 1.25 bits per heavy atom. The highest BCUT2D eigenvalue weighted by Crippen LogP contribution is 2.31. The van der Waals surface area contributed by atoms with E-state index in [-0.39, 0.29) is 18.4 Å². The van der Waals surface area contributed by atoms with Gasteiger partial charge in [-0.25, -0.2) is 4.99 Å². The van der Waals surface area contributed by atoms with Gasteiger partial charge in [-0.3, -0.25) is 9.59 Å². The van der Waals surface area contributed by atoms with Crippen LogP contribution in [0.1, 0.15) is 56.5 Å². The molecule has 1 aromatic rings. The minimum atomic E-state index is -0.421. The smallest absolute Gasteiger partial charge is 0.254 e. The van der Waals surface area contributed by atoms with Crippen molar-refractivity contribution < 1.29 is 9.59 Å². The fraction of sp³-hybridized carbons (Fsp3) is 0.560. The van der Waals surface area contributed by atoms with Crippen LogP contribution in [0.2, 0.25) is 5.02 Å². The molecule has 0 radical (unpaired) electrons. The van der Waals surface area contributed by atoms with Gasteiger partial charge in [0.25, 0.3) is 11.8 Å². The van der Waals surface area contributed by atoms with Crippen LogP contribution in [0.5, 0.6) is 0 Å². The highest BCUT2D eigenvalue weighted by atomic mass is 35.5. The van der Waals surface area contributed by atoms with Gasteiger partial charge in [0.05, 0.1) is 5.92 Å². The number of piperidine rings is 1. The van der Waals surface area contributed by atoms with Gasteiger partial charge in [0.1, 0.15) is 0 Å². The third-order valence-electron chi connectivity index (χ3n) is 6.78. The first-order chi connectivity index (χ1) is 15.1. The van der Waals surface area contributed by atoms with Crippen molar-refractivity contribution >= 4 is 34.8 Å². The lowest BCUT2D eigenvalue weighted by Gasteiger charge is -2.40. The third kappa shape index (κ3) is 5.41. The zero-order chi connectivity index (χ0) is 23.6. The SMILES string of the molecule is CC1=CC(C)=NC(=O)C1CNC(=O)c1cc(Cl)cc(N(C)C2CCN(C(C)C)CC2)c1C. The number of nitrogens with zero attached hydrogens (tertiary/aromatic N) is 3. The van der Waals surface area contributed by atoms with E-state index in [2.05, 4.69) is 41.0 Å². The molecule has 1 atom stereocenters. The molecule has 0 saturated carbocycles. The van der Waals surface area contributed by atoms with Crippen LogP contribution in [-0.2, 0) is 4.79 Å². The number of amides is 2. The van der Waals surface area contributed by atoms with Gasteiger partial charge in [-0.05, 0) is 71.2 Å². The predicted molar refractivity (Wildman–Crippen MR) is 132 cm³/mol. The average molecular weight is 459 g/mol. The summed E-state index contributed by atoms with van der Waals surface area (Å²) in [6.07, 6.45) is 4.05. The van der Waals surface area contributed by atoms with Crippen molar-refractivity contribution in [1.29, 1.82) is 0 Å². The molecule has 1 aromatic carbocycles. The first-order valence-electron chi connectivity index (χ1n) is 11.4. The number of anilines is 1. The van der Waals surface area contributed by atoms with E-state index in [9.17, 15) is 9.59 Å². The maximum absolute atomic E-state index is 13.0. The molecule has 0 aliphatic carbocycles. The van der Waals surface area contributed by atoms with Crippen LogP contribution >= 0.6 is 11.6 Å². The standard InChI is InChI=1S/C25H35ClN4O2/c1-15(2)30-9-7-20(8-10-30)29(6)23-13-19(26)12-21(18(23)5)24(31)27-14-22-16(3)11-17(4)28-25(22)32/h11-13,15,20,22H,7-10,14H2,1-6H3,(H,27,31). The quantitative estimate of drug-likeness (QED) is 0.692. The lowest BCUT2D eigenvalue weighted by atomic mass is 9.95. The first-order valence-corrected chi connectivity index (χ1v) is 11.8. The highest BCUT2D eigenvalue weighted by Gasteiger charge is 2.27. The van der Waals surface area contributed by atoms with Gasteiger partial charge in [-0.2, -0.15) is 0 Å². The van der Waals surface area contributed by atoms with E-state index >= 15 is 0 Å². The Labute approximate surface area is 196 Å². The summed E-state index contributed by atoms with van der Waals surface area (Å²) in [6.45, 7) is 12.5. The minimum absolute atomic E-state index is 0.209. The Morgan fingerprint density at radius 3 is 2.50 bits per heavy atom. The van der Waals surface area contributed by atoms with E-state index in [1.165, 1.54) is 0 Å². The maximum Gasteiger partial charge on any atom is 0.254 e. The van der Waals surface area contributed by atoms with Gasteiger partial charge in [-0.1, -0.05) is 17.2 Å². The third-order valence-corrected chi connectivity index (χ3v) is 7.00. The molecule has 174 valence electrons. The maximum atomic E-state index is 13.0. The predicted octanol–water partition coefficient (Wildman–Crippen LogP) is 4.25. The van der Waals surface area contributed by atoms with Crippen molar-refractivity contribution in [3.63, 3.8) is 0 Å². The summed E-state index contributed by atoms with van der Waals surface area (Å²) >= 11 is 6.43. The Kier molecular flexibility index (Phi) is 7.78. The number of aliphatic imine (C=N–C) groups is 1. The van der Waals surface area contributed by atoms with Crippen LogP contribution in [0.25, 0.3) is 0 Å². The summed E-state index contributed by atoms with van der Waals surface area (Å²) in [5.74, 6) is -0.852. The zero-order valence-corrected chi connectivity index (χ0v) is 20.8. The largest absolute Gasteiger partial charge is 0.371 e. The second kappa shape index (κ2) is 10.2. The Hall–Kier alpha value is -2.18. The van der Waals surface area contributed by atoms with Crippen molar-refractivity contribution in [2.75, 3.05) is 31.6 Å². The van der Waals surface area contributed by atoms with Crippen molar-refractivity contribution in [2.24, 2.45) is 10.9 Å². The second-order valence-electron chi connectivity index (χ2n) is 9.31. The van der Waals surface area contributed by atoms with E-state index in [1.54, 1.807) is 13.0 Å². The lowest BCUT2D eigenvalue weighted by molar-refractivity contribution is -0.120. The topological polar surface area (TPSA) is 65.0 Å². The molecule has 7 heteroatoms. The van der Waals surface area contributed by atoms with Crippen LogP contribution in [0.15, 0.2) is 28.8 Å². The Balaban J connectivity index is 1.72. The van der Waals surface area contributed by atoms with Crippen LogP contribution in [0, 0.1) is 12.8 Å². The monoisotopic (exact) mass is 458 g/mol. The molecule has 6 nitrogen and oxygen atoms in total. The Bertz CT molecular complexity index is 946. The number of rotatable bonds is 6. The fourth-order valence-electron chi connectivity index (χ4n) is 4.70. The minimum Gasteiger partial charge on any atom is -0.371 e. The van der Waals surface area contributed by atoms with E-state index in [0.717, 1.165) is 42.8 Å². The normalized spacial score (nSPS) is 20.2. The number of hydrogen-bond donors (Lipinski definition) is 1.